The molecule has 11 heteroatoms. The summed E-state index contributed by atoms with van der Waals surface area (Å²) in [6.07, 6.45) is 0. The van der Waals surface area contributed by atoms with Crippen molar-refractivity contribution >= 4 is 38.9 Å². The summed E-state index contributed by atoms with van der Waals surface area (Å²) in [5.74, 6) is -1.19. The van der Waals surface area contributed by atoms with Gasteiger partial charge in [-0.25, -0.2) is 8.42 Å². The van der Waals surface area contributed by atoms with Gasteiger partial charge in [-0.15, -0.1) is 0 Å². The Balaban J connectivity index is 2.24. The first kappa shape index (κ1) is 20.7. The fourth-order valence-electron chi connectivity index (χ4n) is 2.03. The molecular formula is C16H12ClF3N2O4S. The molecule has 0 unspecified atom stereocenters. The van der Waals surface area contributed by atoms with Crippen LogP contribution < -0.4 is 10.6 Å². The number of hydrogen-bond acceptors (Lipinski definition) is 4. The third-order valence-electron chi connectivity index (χ3n) is 3.43. The molecule has 2 N–H and O–H groups in total. The SMILES string of the molecule is CNC(=O)c1cc(NC(=O)c2ccc(S(=O)(=O)C(F)(F)F)cc2)ccc1Cl. The second-order valence-corrected chi connectivity index (χ2v) is 7.55. The Hall–Kier alpha value is -2.59. The molecule has 0 aliphatic carbocycles. The number of benzene rings is 2. The van der Waals surface area contributed by atoms with E-state index in [-0.39, 0.29) is 21.8 Å². The van der Waals surface area contributed by atoms with Gasteiger partial charge in [0.1, 0.15) is 0 Å². The number of alkyl halides is 3. The highest BCUT2D eigenvalue weighted by Crippen LogP contribution is 2.30. The average molecular weight is 421 g/mol. The number of carbonyl (C=O) groups excluding carboxylic acids is 2. The van der Waals surface area contributed by atoms with Gasteiger partial charge in [0, 0.05) is 18.3 Å². The summed E-state index contributed by atoms with van der Waals surface area (Å²) in [7, 11) is -4.09. The highest BCUT2D eigenvalue weighted by atomic mass is 35.5. The normalized spacial score (nSPS) is 11.7. The molecule has 2 aromatic rings. The third kappa shape index (κ3) is 4.40. The van der Waals surface area contributed by atoms with Crippen LogP contribution in [0.4, 0.5) is 18.9 Å². The van der Waals surface area contributed by atoms with Gasteiger partial charge in [-0.05, 0) is 42.5 Å². The minimum Gasteiger partial charge on any atom is -0.355 e. The lowest BCUT2D eigenvalue weighted by Gasteiger charge is -2.10. The molecular weight excluding hydrogens is 409 g/mol. The molecule has 0 heterocycles. The number of nitrogens with one attached hydrogen (secondary N) is 2. The van der Waals surface area contributed by atoms with Crippen LogP contribution in [0.1, 0.15) is 20.7 Å². The Morgan fingerprint density at radius 3 is 2.11 bits per heavy atom. The topological polar surface area (TPSA) is 92.3 Å². The van der Waals surface area contributed by atoms with E-state index in [1.807, 2.05) is 0 Å². The van der Waals surface area contributed by atoms with Gasteiger partial charge >= 0.3 is 5.51 Å². The molecule has 2 aromatic carbocycles. The zero-order valence-electron chi connectivity index (χ0n) is 13.6. The summed E-state index contributed by atoms with van der Waals surface area (Å²) in [4.78, 5) is 22.9. The van der Waals surface area contributed by atoms with Gasteiger partial charge in [0.2, 0.25) is 0 Å². The molecule has 0 aliphatic heterocycles. The largest absolute Gasteiger partial charge is 0.501 e. The first-order valence-electron chi connectivity index (χ1n) is 7.22. The van der Waals surface area contributed by atoms with Crippen LogP contribution in [0, 0.1) is 0 Å². The van der Waals surface area contributed by atoms with Crippen LogP contribution in [0.3, 0.4) is 0 Å². The molecule has 2 rings (SSSR count). The Bertz CT molecular complexity index is 990. The molecule has 0 saturated heterocycles. The Kier molecular flexibility index (Phi) is 5.81. The van der Waals surface area contributed by atoms with Crippen molar-refractivity contribution < 1.29 is 31.2 Å². The molecule has 0 fully saturated rings. The van der Waals surface area contributed by atoms with E-state index in [9.17, 15) is 31.2 Å². The first-order valence-corrected chi connectivity index (χ1v) is 9.08. The summed E-state index contributed by atoms with van der Waals surface area (Å²) < 4.78 is 60.2. The van der Waals surface area contributed by atoms with E-state index in [4.69, 9.17) is 11.6 Å². The van der Waals surface area contributed by atoms with Crippen molar-refractivity contribution in [1.82, 2.24) is 5.32 Å². The average Bonchev–Trinajstić information content (AvgIpc) is 2.61. The number of anilines is 1. The summed E-state index contributed by atoms with van der Waals surface area (Å²) in [5, 5.41) is 4.99. The molecule has 2 amide bonds. The van der Waals surface area contributed by atoms with Crippen molar-refractivity contribution in [3.8, 4) is 0 Å². The number of sulfone groups is 1. The molecule has 0 aromatic heterocycles. The van der Waals surface area contributed by atoms with Crippen LogP contribution in [0.15, 0.2) is 47.4 Å². The van der Waals surface area contributed by atoms with E-state index >= 15 is 0 Å². The van der Waals surface area contributed by atoms with Crippen molar-refractivity contribution in [3.63, 3.8) is 0 Å². The van der Waals surface area contributed by atoms with Crippen molar-refractivity contribution in [2.24, 2.45) is 0 Å². The van der Waals surface area contributed by atoms with Gasteiger partial charge in [-0.3, -0.25) is 9.59 Å². The van der Waals surface area contributed by atoms with Crippen molar-refractivity contribution in [2.45, 2.75) is 10.4 Å². The zero-order valence-corrected chi connectivity index (χ0v) is 15.2. The van der Waals surface area contributed by atoms with Crippen LogP contribution >= 0.6 is 11.6 Å². The number of carbonyl (C=O) groups is 2. The van der Waals surface area contributed by atoms with Crippen molar-refractivity contribution in [1.29, 1.82) is 0 Å². The molecule has 0 aliphatic rings. The van der Waals surface area contributed by atoms with Crippen molar-refractivity contribution in [3.05, 3.63) is 58.6 Å². The second-order valence-electron chi connectivity index (χ2n) is 5.20. The number of rotatable bonds is 4. The number of amides is 2. The van der Waals surface area contributed by atoms with Gasteiger partial charge < -0.3 is 10.6 Å². The molecule has 0 atom stereocenters. The zero-order chi connectivity index (χ0) is 20.4. The first-order chi connectivity index (χ1) is 12.5. The Morgan fingerprint density at radius 1 is 1.00 bits per heavy atom. The van der Waals surface area contributed by atoms with E-state index < -0.39 is 32.1 Å². The molecule has 0 saturated carbocycles. The van der Waals surface area contributed by atoms with Crippen LogP contribution in [0.2, 0.25) is 5.02 Å². The molecule has 0 radical (unpaired) electrons. The van der Waals surface area contributed by atoms with Gasteiger partial charge in [0.25, 0.3) is 21.7 Å². The Morgan fingerprint density at radius 2 is 1.59 bits per heavy atom. The monoisotopic (exact) mass is 420 g/mol. The summed E-state index contributed by atoms with van der Waals surface area (Å²) in [5.41, 5.74) is -5.18. The van der Waals surface area contributed by atoms with Crippen LogP contribution in [-0.2, 0) is 9.84 Å². The van der Waals surface area contributed by atoms with E-state index in [1.165, 1.54) is 25.2 Å². The summed E-state index contributed by atoms with van der Waals surface area (Å²) >= 11 is 5.90. The number of hydrogen-bond donors (Lipinski definition) is 2. The predicted molar refractivity (Wildman–Crippen MR) is 92.5 cm³/mol. The highest BCUT2D eigenvalue weighted by Gasteiger charge is 2.46. The highest BCUT2D eigenvalue weighted by molar-refractivity contribution is 7.92. The minimum atomic E-state index is -5.49. The lowest BCUT2D eigenvalue weighted by Crippen LogP contribution is -2.23. The smallest absolute Gasteiger partial charge is 0.355 e. The van der Waals surface area contributed by atoms with Gasteiger partial charge in [0.05, 0.1) is 15.5 Å². The molecule has 27 heavy (non-hydrogen) atoms. The lowest BCUT2D eigenvalue weighted by molar-refractivity contribution is -0.0436. The molecule has 0 spiro atoms. The van der Waals surface area contributed by atoms with Gasteiger partial charge in [-0.1, -0.05) is 11.6 Å². The maximum Gasteiger partial charge on any atom is 0.501 e. The van der Waals surface area contributed by atoms with Gasteiger partial charge in [0.15, 0.2) is 0 Å². The van der Waals surface area contributed by atoms with E-state index in [0.29, 0.717) is 12.1 Å². The van der Waals surface area contributed by atoms with Crippen molar-refractivity contribution in [2.75, 3.05) is 12.4 Å². The van der Waals surface area contributed by atoms with Crippen LogP contribution in [0.5, 0.6) is 0 Å². The van der Waals surface area contributed by atoms with Crippen LogP contribution in [0.25, 0.3) is 0 Å². The summed E-state index contributed by atoms with van der Waals surface area (Å²) in [6.45, 7) is 0. The van der Waals surface area contributed by atoms with E-state index in [2.05, 4.69) is 10.6 Å². The molecule has 0 bridgehead atoms. The van der Waals surface area contributed by atoms with Crippen LogP contribution in [-0.4, -0.2) is 32.8 Å². The fourth-order valence-corrected chi connectivity index (χ4v) is 3.00. The number of halogens is 4. The Labute approximate surface area is 157 Å². The van der Waals surface area contributed by atoms with Gasteiger partial charge in [-0.2, -0.15) is 13.2 Å². The second kappa shape index (κ2) is 7.57. The lowest BCUT2D eigenvalue weighted by atomic mass is 10.1. The maximum absolute atomic E-state index is 12.5. The maximum atomic E-state index is 12.5. The quantitative estimate of drug-likeness (QED) is 0.794. The molecule has 6 nitrogen and oxygen atoms in total. The van der Waals surface area contributed by atoms with E-state index in [1.54, 1.807) is 0 Å². The predicted octanol–water partition coefficient (Wildman–Crippen LogP) is 3.25. The van der Waals surface area contributed by atoms with E-state index in [0.717, 1.165) is 12.1 Å². The minimum absolute atomic E-state index is 0.0763. The summed E-state index contributed by atoms with van der Waals surface area (Å²) in [6, 6.07) is 7.41. The third-order valence-corrected chi connectivity index (χ3v) is 5.26. The fraction of sp³-hybridized carbons (Fsp3) is 0.125. The standard InChI is InChI=1S/C16H12ClF3N2O4S/c1-21-15(24)12-8-10(4-7-13(12)17)22-14(23)9-2-5-11(6-3-9)27(25,26)16(18,19)20/h2-8H,1H3,(H,21,24)(H,22,23). The molecule has 144 valence electrons.